The average Bonchev–Trinajstić information content (AvgIpc) is 2.98. The van der Waals surface area contributed by atoms with E-state index in [4.69, 9.17) is 11.0 Å². The van der Waals surface area contributed by atoms with Crippen LogP contribution in [0.4, 0.5) is 5.69 Å². The molecule has 0 aliphatic rings. The summed E-state index contributed by atoms with van der Waals surface area (Å²) in [5.41, 5.74) is 8.15. The first-order valence-corrected chi connectivity index (χ1v) is 5.93. The Balaban J connectivity index is 1.99. The van der Waals surface area contributed by atoms with Gasteiger partial charge in [0.25, 0.3) is 0 Å². The molecule has 3 rings (SSSR count). The Labute approximate surface area is 115 Å². The molecule has 0 aliphatic carbocycles. The highest BCUT2D eigenvalue weighted by Crippen LogP contribution is 2.17. The highest BCUT2D eigenvalue weighted by molar-refractivity contribution is 5.59. The van der Waals surface area contributed by atoms with Crippen LogP contribution in [0, 0.1) is 11.3 Å². The van der Waals surface area contributed by atoms with Gasteiger partial charge >= 0.3 is 0 Å². The lowest BCUT2D eigenvalue weighted by Gasteiger charge is -2.01. The molecule has 0 saturated carbocycles. The summed E-state index contributed by atoms with van der Waals surface area (Å²) in [5, 5.41) is 21.2. The van der Waals surface area contributed by atoms with Crippen molar-refractivity contribution in [3.8, 4) is 23.1 Å². The number of nitrogen functional groups attached to an aromatic ring is 1. The number of benzene rings is 2. The molecule has 0 saturated heterocycles. The van der Waals surface area contributed by atoms with Crippen LogP contribution in [0.25, 0.3) is 17.1 Å². The molecule has 2 N–H and O–H groups in total. The fourth-order valence-electron chi connectivity index (χ4n) is 1.80. The first-order valence-electron chi connectivity index (χ1n) is 5.93. The van der Waals surface area contributed by atoms with Gasteiger partial charge in [-0.05, 0) is 23.4 Å². The molecule has 96 valence electrons. The summed E-state index contributed by atoms with van der Waals surface area (Å²) >= 11 is 0. The summed E-state index contributed by atoms with van der Waals surface area (Å²) in [6.45, 7) is 0. The van der Waals surface area contributed by atoms with E-state index >= 15 is 0 Å². The summed E-state index contributed by atoms with van der Waals surface area (Å²) in [5.74, 6) is 0.536. The first kappa shape index (κ1) is 11.9. The number of nitrogens with zero attached hydrogens (tertiary/aromatic N) is 5. The van der Waals surface area contributed by atoms with Gasteiger partial charge in [-0.3, -0.25) is 0 Å². The molecule has 20 heavy (non-hydrogen) atoms. The van der Waals surface area contributed by atoms with Crippen molar-refractivity contribution in [1.29, 1.82) is 5.26 Å². The van der Waals surface area contributed by atoms with E-state index in [1.165, 1.54) is 4.80 Å². The zero-order valence-corrected chi connectivity index (χ0v) is 10.4. The fraction of sp³-hybridized carbons (Fsp3) is 0. The minimum atomic E-state index is 0.392. The number of hydrogen-bond acceptors (Lipinski definition) is 5. The highest BCUT2D eigenvalue weighted by Gasteiger charge is 2.08. The van der Waals surface area contributed by atoms with Gasteiger partial charge in [-0.15, -0.1) is 15.0 Å². The number of anilines is 1. The van der Waals surface area contributed by atoms with Gasteiger partial charge in [0.1, 0.15) is 6.07 Å². The predicted octanol–water partition coefficient (Wildman–Crippen LogP) is 1.78. The summed E-state index contributed by atoms with van der Waals surface area (Å²) < 4.78 is 0. The van der Waals surface area contributed by atoms with Crippen LogP contribution >= 0.6 is 0 Å². The Hall–Kier alpha value is -3.20. The molecule has 0 radical (unpaired) electrons. The van der Waals surface area contributed by atoms with Gasteiger partial charge in [-0.2, -0.15) is 5.26 Å². The van der Waals surface area contributed by atoms with Gasteiger partial charge in [0, 0.05) is 5.56 Å². The van der Waals surface area contributed by atoms with Crippen molar-refractivity contribution < 1.29 is 0 Å². The zero-order valence-electron chi connectivity index (χ0n) is 10.4. The summed E-state index contributed by atoms with van der Waals surface area (Å²) in [6, 6.07) is 16.6. The summed E-state index contributed by atoms with van der Waals surface area (Å²) in [4.78, 5) is 1.39. The van der Waals surface area contributed by atoms with Crippen molar-refractivity contribution in [3.63, 3.8) is 0 Å². The zero-order chi connectivity index (χ0) is 13.9. The second-order valence-electron chi connectivity index (χ2n) is 4.15. The van der Waals surface area contributed by atoms with Crippen LogP contribution in [0.15, 0.2) is 48.5 Å². The average molecular weight is 262 g/mol. The van der Waals surface area contributed by atoms with Crippen LogP contribution in [0.5, 0.6) is 0 Å². The van der Waals surface area contributed by atoms with Crippen LogP contribution in [0.1, 0.15) is 5.56 Å². The van der Waals surface area contributed by atoms with E-state index in [1.54, 1.807) is 18.2 Å². The van der Waals surface area contributed by atoms with E-state index in [1.807, 2.05) is 36.4 Å². The van der Waals surface area contributed by atoms with Gasteiger partial charge in [0.15, 0.2) is 0 Å². The van der Waals surface area contributed by atoms with Gasteiger partial charge in [0.05, 0.1) is 16.9 Å². The van der Waals surface area contributed by atoms with E-state index in [0.717, 1.165) is 5.56 Å². The molecule has 6 nitrogen and oxygen atoms in total. The number of aromatic nitrogens is 4. The molecule has 1 aromatic heterocycles. The lowest BCUT2D eigenvalue weighted by atomic mass is 10.2. The predicted molar refractivity (Wildman–Crippen MR) is 73.7 cm³/mol. The van der Waals surface area contributed by atoms with E-state index in [0.29, 0.717) is 22.8 Å². The molecule has 0 spiro atoms. The molecule has 1 heterocycles. The minimum absolute atomic E-state index is 0.392. The molecule has 0 fully saturated rings. The number of nitriles is 1. The highest BCUT2D eigenvalue weighted by atomic mass is 15.6. The van der Waals surface area contributed by atoms with Crippen molar-refractivity contribution in [2.24, 2.45) is 0 Å². The van der Waals surface area contributed by atoms with E-state index in [2.05, 4.69) is 15.4 Å². The monoisotopic (exact) mass is 262 g/mol. The topological polar surface area (TPSA) is 93.4 Å². The van der Waals surface area contributed by atoms with Crippen molar-refractivity contribution in [2.45, 2.75) is 0 Å². The van der Waals surface area contributed by atoms with E-state index < -0.39 is 0 Å². The molecule has 2 aromatic carbocycles. The van der Waals surface area contributed by atoms with Crippen molar-refractivity contribution in [1.82, 2.24) is 20.2 Å². The maximum Gasteiger partial charge on any atom is 0.205 e. The quantitative estimate of drug-likeness (QED) is 0.710. The van der Waals surface area contributed by atoms with Gasteiger partial charge in [-0.25, -0.2) is 0 Å². The molecule has 0 unspecified atom stereocenters. The van der Waals surface area contributed by atoms with Crippen molar-refractivity contribution >= 4 is 5.69 Å². The fourth-order valence-corrected chi connectivity index (χ4v) is 1.80. The maximum atomic E-state index is 8.85. The van der Waals surface area contributed by atoms with E-state index in [9.17, 15) is 0 Å². The van der Waals surface area contributed by atoms with E-state index in [-0.39, 0.29) is 0 Å². The van der Waals surface area contributed by atoms with Crippen molar-refractivity contribution in [2.75, 3.05) is 5.73 Å². The lowest BCUT2D eigenvalue weighted by Crippen LogP contribution is -2.01. The Morgan fingerprint density at radius 2 is 1.90 bits per heavy atom. The summed E-state index contributed by atoms with van der Waals surface area (Å²) in [6.07, 6.45) is 0. The number of tetrazole rings is 1. The van der Waals surface area contributed by atoms with Crippen LogP contribution in [-0.4, -0.2) is 20.2 Å². The Kier molecular flexibility index (Phi) is 2.86. The SMILES string of the molecule is N#Cc1ccc(-n2nnc(-c3ccccc3)n2)cc1N. The molecular formula is C14H10N6. The second-order valence-corrected chi connectivity index (χ2v) is 4.15. The number of nitrogens with two attached hydrogens (primary N) is 1. The Morgan fingerprint density at radius 3 is 2.60 bits per heavy atom. The third-order valence-electron chi connectivity index (χ3n) is 2.83. The molecule has 0 amide bonds. The first-order chi connectivity index (χ1) is 9.78. The van der Waals surface area contributed by atoms with Gasteiger partial charge < -0.3 is 5.73 Å². The summed E-state index contributed by atoms with van der Waals surface area (Å²) in [7, 11) is 0. The smallest absolute Gasteiger partial charge is 0.205 e. The number of rotatable bonds is 2. The normalized spacial score (nSPS) is 10.2. The molecule has 0 aliphatic heterocycles. The lowest BCUT2D eigenvalue weighted by molar-refractivity contribution is 0.720. The molecule has 3 aromatic rings. The van der Waals surface area contributed by atoms with Crippen molar-refractivity contribution in [3.05, 3.63) is 54.1 Å². The van der Waals surface area contributed by atoms with Gasteiger partial charge in [0.2, 0.25) is 5.82 Å². The molecule has 0 atom stereocenters. The Bertz CT molecular complexity index is 785. The van der Waals surface area contributed by atoms with Crippen LogP contribution in [0.3, 0.4) is 0 Å². The Morgan fingerprint density at radius 1 is 1.10 bits per heavy atom. The number of hydrogen-bond donors (Lipinski definition) is 1. The molecule has 0 bridgehead atoms. The second kappa shape index (κ2) is 4.82. The van der Waals surface area contributed by atoms with Crippen LogP contribution in [-0.2, 0) is 0 Å². The van der Waals surface area contributed by atoms with Crippen LogP contribution in [0.2, 0.25) is 0 Å². The third kappa shape index (κ3) is 2.08. The standard InChI is InChI=1S/C14H10N6/c15-9-11-6-7-12(8-13(11)16)20-18-14(17-19-20)10-4-2-1-3-5-10/h1-8H,16H2. The molecular weight excluding hydrogens is 252 g/mol. The largest absolute Gasteiger partial charge is 0.398 e. The molecule has 6 heteroatoms. The minimum Gasteiger partial charge on any atom is -0.398 e. The van der Waals surface area contributed by atoms with Crippen LogP contribution < -0.4 is 5.73 Å². The maximum absolute atomic E-state index is 8.85. The third-order valence-corrected chi connectivity index (χ3v) is 2.83. The van der Waals surface area contributed by atoms with Gasteiger partial charge in [-0.1, -0.05) is 30.3 Å².